The van der Waals surface area contributed by atoms with Crippen LogP contribution < -0.4 is 5.32 Å². The second-order valence-corrected chi connectivity index (χ2v) is 7.70. The van der Waals surface area contributed by atoms with Crippen LogP contribution in [0.15, 0.2) is 23.6 Å². The lowest BCUT2D eigenvalue weighted by Crippen LogP contribution is -2.31. The number of likely N-dealkylation sites (tertiary alicyclic amines) is 1. The molecule has 0 saturated carbocycles. The van der Waals surface area contributed by atoms with E-state index in [1.54, 1.807) is 12.1 Å². The number of carbonyl (C=O) groups excluding carboxylic acids is 1. The van der Waals surface area contributed by atoms with E-state index in [2.05, 4.69) is 10.3 Å². The average molecular weight is 457 g/mol. The van der Waals surface area contributed by atoms with Crippen molar-refractivity contribution in [2.45, 2.75) is 12.8 Å². The molecule has 1 amide bonds. The van der Waals surface area contributed by atoms with Crippen molar-refractivity contribution in [2.24, 2.45) is 5.92 Å². The molecule has 1 aromatic carbocycles. The van der Waals surface area contributed by atoms with Crippen LogP contribution in [-0.2, 0) is 11.2 Å². The summed E-state index contributed by atoms with van der Waals surface area (Å²) >= 11 is 13.7. The van der Waals surface area contributed by atoms with Gasteiger partial charge in [-0.05, 0) is 44.1 Å². The number of benzene rings is 1. The molecule has 1 aromatic heterocycles. The van der Waals surface area contributed by atoms with Gasteiger partial charge in [-0.2, -0.15) is 0 Å². The summed E-state index contributed by atoms with van der Waals surface area (Å²) in [7, 11) is 1.95. The molecule has 2 heterocycles. The summed E-state index contributed by atoms with van der Waals surface area (Å²) in [5.41, 5.74) is 1.64. The van der Waals surface area contributed by atoms with Gasteiger partial charge in [0.15, 0.2) is 0 Å². The van der Waals surface area contributed by atoms with Crippen molar-refractivity contribution in [1.29, 1.82) is 0 Å². The van der Waals surface area contributed by atoms with Crippen molar-refractivity contribution in [3.05, 3.63) is 39.3 Å². The van der Waals surface area contributed by atoms with Gasteiger partial charge in [0.1, 0.15) is 5.01 Å². The molecule has 1 aliphatic rings. The van der Waals surface area contributed by atoms with Crippen molar-refractivity contribution >= 4 is 65.3 Å². The van der Waals surface area contributed by atoms with Crippen molar-refractivity contribution in [3.8, 4) is 10.6 Å². The third-order valence-corrected chi connectivity index (χ3v) is 5.65. The monoisotopic (exact) mass is 455 g/mol. The number of halogens is 4. The Morgan fingerprint density at radius 2 is 2.15 bits per heavy atom. The van der Waals surface area contributed by atoms with Gasteiger partial charge in [-0.3, -0.25) is 4.79 Å². The minimum Gasteiger partial charge on any atom is -0.342 e. The zero-order valence-corrected chi connectivity index (χ0v) is 18.2. The first-order chi connectivity index (χ1) is 11.6. The lowest BCUT2D eigenvalue weighted by atomic mass is 10.1. The van der Waals surface area contributed by atoms with Gasteiger partial charge in [0.05, 0.1) is 17.1 Å². The van der Waals surface area contributed by atoms with E-state index >= 15 is 0 Å². The summed E-state index contributed by atoms with van der Waals surface area (Å²) in [5.74, 6) is 0.700. The van der Waals surface area contributed by atoms with E-state index in [-0.39, 0.29) is 30.7 Å². The number of thiazole rings is 1. The van der Waals surface area contributed by atoms with Crippen LogP contribution in [0.5, 0.6) is 0 Å². The maximum atomic E-state index is 12.4. The summed E-state index contributed by atoms with van der Waals surface area (Å²) in [6, 6.07) is 5.36. The van der Waals surface area contributed by atoms with Crippen LogP contribution >= 0.6 is 59.4 Å². The summed E-state index contributed by atoms with van der Waals surface area (Å²) in [4.78, 5) is 19.0. The molecule has 1 unspecified atom stereocenters. The van der Waals surface area contributed by atoms with Gasteiger partial charge in [-0.1, -0.05) is 23.2 Å². The summed E-state index contributed by atoms with van der Waals surface area (Å²) in [6.45, 7) is 2.63. The molecule has 1 aliphatic heterocycles. The topological polar surface area (TPSA) is 45.2 Å². The second kappa shape index (κ2) is 10.7. The number of nitrogens with one attached hydrogen (secondary N) is 1. The molecular weight excluding hydrogens is 436 g/mol. The van der Waals surface area contributed by atoms with E-state index in [0.717, 1.165) is 42.3 Å². The van der Waals surface area contributed by atoms with E-state index in [9.17, 15) is 4.79 Å². The highest BCUT2D eigenvalue weighted by molar-refractivity contribution is 7.13. The predicted octanol–water partition coefficient (Wildman–Crippen LogP) is 4.57. The van der Waals surface area contributed by atoms with E-state index in [1.807, 2.05) is 23.4 Å². The number of aromatic nitrogens is 1. The van der Waals surface area contributed by atoms with Crippen LogP contribution in [0.4, 0.5) is 0 Å². The number of hydrogen-bond donors (Lipinski definition) is 1. The standard InChI is InChI=1S/C17H19Cl2N3OS.2ClH/c1-20-8-11-4-5-22(9-11)16(23)7-13-10-24-17(21-13)14-3-2-12(18)6-15(14)19;;/h2-3,6,10-11,20H,4-5,7-9H2,1H3;2*1H. The van der Waals surface area contributed by atoms with Gasteiger partial charge < -0.3 is 10.2 Å². The second-order valence-electron chi connectivity index (χ2n) is 6.00. The third kappa shape index (κ3) is 5.72. The molecule has 1 fully saturated rings. The molecule has 0 bridgehead atoms. The molecular formula is C17H21Cl4N3OS. The van der Waals surface area contributed by atoms with Gasteiger partial charge >= 0.3 is 0 Å². The lowest BCUT2D eigenvalue weighted by Gasteiger charge is -2.15. The molecule has 0 aliphatic carbocycles. The number of hydrogen-bond acceptors (Lipinski definition) is 4. The zero-order valence-electron chi connectivity index (χ0n) is 14.2. The minimum atomic E-state index is 0. The maximum Gasteiger partial charge on any atom is 0.228 e. The molecule has 144 valence electrons. The van der Waals surface area contributed by atoms with Crippen molar-refractivity contribution in [2.75, 3.05) is 26.7 Å². The largest absolute Gasteiger partial charge is 0.342 e. The summed E-state index contributed by atoms with van der Waals surface area (Å²) in [6.07, 6.45) is 1.41. The Labute approximate surface area is 180 Å². The number of nitrogens with zero attached hydrogens (tertiary/aromatic N) is 2. The Bertz CT molecular complexity index is 741. The number of amides is 1. The van der Waals surface area contributed by atoms with Crippen molar-refractivity contribution < 1.29 is 4.79 Å². The molecule has 2 aromatic rings. The normalized spacial score (nSPS) is 16.1. The van der Waals surface area contributed by atoms with Gasteiger partial charge in [-0.25, -0.2) is 4.98 Å². The molecule has 1 atom stereocenters. The Morgan fingerprint density at radius 3 is 2.85 bits per heavy atom. The molecule has 1 N–H and O–H groups in total. The molecule has 0 radical (unpaired) electrons. The SMILES string of the molecule is CNCC1CCN(C(=O)Cc2csc(-c3ccc(Cl)cc3Cl)n2)C1.Cl.Cl. The Hall–Kier alpha value is -0.560. The van der Waals surface area contributed by atoms with Crippen LogP contribution in [0.1, 0.15) is 12.1 Å². The minimum absolute atomic E-state index is 0. The average Bonchev–Trinajstić information content (AvgIpc) is 3.17. The fraction of sp³-hybridized carbons (Fsp3) is 0.412. The fourth-order valence-corrected chi connectivity index (χ4v) is 4.37. The van der Waals surface area contributed by atoms with E-state index < -0.39 is 0 Å². The first kappa shape index (κ1) is 23.5. The molecule has 26 heavy (non-hydrogen) atoms. The Kier molecular flexibility index (Phi) is 9.65. The van der Waals surface area contributed by atoms with Crippen LogP contribution in [0.2, 0.25) is 10.0 Å². The van der Waals surface area contributed by atoms with E-state index in [4.69, 9.17) is 23.2 Å². The number of carbonyl (C=O) groups is 1. The number of rotatable bonds is 5. The highest BCUT2D eigenvalue weighted by Gasteiger charge is 2.26. The van der Waals surface area contributed by atoms with Gasteiger partial charge in [-0.15, -0.1) is 36.2 Å². The highest BCUT2D eigenvalue weighted by atomic mass is 35.5. The van der Waals surface area contributed by atoms with E-state index in [1.165, 1.54) is 11.3 Å². The first-order valence-electron chi connectivity index (χ1n) is 7.89. The predicted molar refractivity (Wildman–Crippen MR) is 114 cm³/mol. The summed E-state index contributed by atoms with van der Waals surface area (Å²) in [5, 5.41) is 7.09. The molecule has 1 saturated heterocycles. The van der Waals surface area contributed by atoms with E-state index in [0.29, 0.717) is 22.4 Å². The quantitative estimate of drug-likeness (QED) is 0.716. The molecule has 9 heteroatoms. The van der Waals surface area contributed by atoms with Gasteiger partial charge in [0, 0.05) is 29.1 Å². The van der Waals surface area contributed by atoms with Crippen LogP contribution in [0.25, 0.3) is 10.6 Å². The van der Waals surface area contributed by atoms with Crippen molar-refractivity contribution in [1.82, 2.24) is 15.2 Å². The Balaban J connectivity index is 0.00000169. The maximum absolute atomic E-state index is 12.4. The van der Waals surface area contributed by atoms with Crippen LogP contribution in [0.3, 0.4) is 0 Å². The van der Waals surface area contributed by atoms with Crippen molar-refractivity contribution in [3.63, 3.8) is 0 Å². The van der Waals surface area contributed by atoms with Crippen LogP contribution in [0, 0.1) is 5.92 Å². The smallest absolute Gasteiger partial charge is 0.228 e. The zero-order chi connectivity index (χ0) is 17.1. The lowest BCUT2D eigenvalue weighted by molar-refractivity contribution is -0.129. The van der Waals surface area contributed by atoms with Crippen LogP contribution in [-0.4, -0.2) is 42.5 Å². The van der Waals surface area contributed by atoms with Gasteiger partial charge in [0.25, 0.3) is 0 Å². The highest BCUT2D eigenvalue weighted by Crippen LogP contribution is 2.32. The Morgan fingerprint density at radius 1 is 1.38 bits per heavy atom. The summed E-state index contributed by atoms with van der Waals surface area (Å²) < 4.78 is 0. The molecule has 4 nitrogen and oxygen atoms in total. The van der Waals surface area contributed by atoms with Gasteiger partial charge in [0.2, 0.25) is 5.91 Å². The fourth-order valence-electron chi connectivity index (χ4n) is 2.96. The third-order valence-electron chi connectivity index (χ3n) is 4.18. The molecule has 0 spiro atoms. The first-order valence-corrected chi connectivity index (χ1v) is 9.52. The molecule has 3 rings (SSSR count).